The second-order valence-corrected chi connectivity index (χ2v) is 7.86. The van der Waals surface area contributed by atoms with Crippen LogP contribution in [0.25, 0.3) is 0 Å². The van der Waals surface area contributed by atoms with Crippen LogP contribution >= 0.6 is 0 Å². The van der Waals surface area contributed by atoms with Crippen molar-refractivity contribution in [2.24, 2.45) is 5.10 Å². The zero-order valence-corrected chi connectivity index (χ0v) is 20.3. The molecular formula is C27H28N4O5. The van der Waals surface area contributed by atoms with E-state index >= 15 is 0 Å². The minimum absolute atomic E-state index is 0.141. The first-order valence-corrected chi connectivity index (χ1v) is 11.3. The predicted molar refractivity (Wildman–Crippen MR) is 138 cm³/mol. The Morgan fingerprint density at radius 2 is 1.56 bits per heavy atom. The van der Waals surface area contributed by atoms with Crippen molar-refractivity contribution < 1.29 is 23.9 Å². The average Bonchev–Trinajstić information content (AvgIpc) is 2.84. The van der Waals surface area contributed by atoms with Crippen LogP contribution in [-0.2, 0) is 14.4 Å². The molecule has 3 amide bonds. The number of amides is 3. The van der Waals surface area contributed by atoms with Crippen molar-refractivity contribution in [2.75, 3.05) is 23.8 Å². The maximum Gasteiger partial charge on any atom is 0.329 e. The second kappa shape index (κ2) is 12.7. The minimum Gasteiger partial charge on any atom is -0.492 e. The molecule has 0 spiro atoms. The van der Waals surface area contributed by atoms with Gasteiger partial charge in [-0.3, -0.25) is 14.4 Å². The number of carbonyl (C=O) groups is 3. The van der Waals surface area contributed by atoms with Gasteiger partial charge in [0.15, 0.2) is 6.61 Å². The van der Waals surface area contributed by atoms with Crippen molar-refractivity contribution in [3.63, 3.8) is 0 Å². The summed E-state index contributed by atoms with van der Waals surface area (Å²) in [5.41, 5.74) is 6.08. The normalized spacial score (nSPS) is 10.5. The van der Waals surface area contributed by atoms with E-state index in [2.05, 4.69) is 21.2 Å². The fourth-order valence-corrected chi connectivity index (χ4v) is 3.29. The highest BCUT2D eigenvalue weighted by molar-refractivity contribution is 6.39. The van der Waals surface area contributed by atoms with E-state index in [0.29, 0.717) is 29.4 Å². The number of carbonyl (C=O) groups excluding carboxylic acids is 3. The highest BCUT2D eigenvalue weighted by Gasteiger charge is 2.15. The minimum atomic E-state index is -0.924. The van der Waals surface area contributed by atoms with Gasteiger partial charge < -0.3 is 20.1 Å². The summed E-state index contributed by atoms with van der Waals surface area (Å²) in [4.78, 5) is 36.3. The fourth-order valence-electron chi connectivity index (χ4n) is 3.29. The Morgan fingerprint density at radius 3 is 2.25 bits per heavy atom. The molecule has 0 saturated heterocycles. The van der Waals surface area contributed by atoms with Crippen LogP contribution in [0.5, 0.6) is 11.5 Å². The van der Waals surface area contributed by atoms with Gasteiger partial charge in [-0.1, -0.05) is 18.2 Å². The van der Waals surface area contributed by atoms with E-state index in [1.807, 2.05) is 39.0 Å². The molecule has 0 unspecified atom stereocenters. The summed E-state index contributed by atoms with van der Waals surface area (Å²) in [6.45, 7) is 6.04. The summed E-state index contributed by atoms with van der Waals surface area (Å²) in [5, 5.41) is 9.11. The highest BCUT2D eigenvalue weighted by atomic mass is 16.5. The molecule has 0 aromatic heterocycles. The largest absolute Gasteiger partial charge is 0.492 e. The zero-order chi connectivity index (χ0) is 25.9. The van der Waals surface area contributed by atoms with Crippen LogP contribution in [0, 0.1) is 13.8 Å². The molecule has 3 aromatic carbocycles. The van der Waals surface area contributed by atoms with Gasteiger partial charge in [0, 0.05) is 5.69 Å². The first kappa shape index (κ1) is 26.0. The number of aryl methyl sites for hydroxylation is 2. The van der Waals surface area contributed by atoms with Gasteiger partial charge in [0.05, 0.1) is 18.5 Å². The molecule has 0 heterocycles. The molecule has 9 nitrogen and oxygen atoms in total. The van der Waals surface area contributed by atoms with Crippen LogP contribution < -0.4 is 25.5 Å². The third-order valence-corrected chi connectivity index (χ3v) is 4.78. The lowest BCUT2D eigenvalue weighted by molar-refractivity contribution is -0.136. The molecular weight excluding hydrogens is 460 g/mol. The van der Waals surface area contributed by atoms with Gasteiger partial charge in [0.1, 0.15) is 11.5 Å². The molecule has 3 aromatic rings. The number of para-hydroxylation sites is 2. The summed E-state index contributed by atoms with van der Waals surface area (Å²) >= 11 is 0. The molecule has 0 radical (unpaired) electrons. The number of hydrogen-bond acceptors (Lipinski definition) is 6. The van der Waals surface area contributed by atoms with Gasteiger partial charge in [-0.05, 0) is 86.0 Å². The van der Waals surface area contributed by atoms with Crippen LogP contribution in [0.3, 0.4) is 0 Å². The standard InChI is InChI=1S/C27H28N4O5/c1-4-35-24-8-6-5-7-23(24)30-26(33)27(34)31-28-16-20-9-11-22(12-10-20)36-17-25(32)29-21-14-18(2)13-19(3)15-21/h5-16H,4,17H2,1-3H3,(H,29,32)(H,30,33)(H,31,34)/b28-16-. The first-order valence-electron chi connectivity index (χ1n) is 11.3. The van der Waals surface area contributed by atoms with E-state index < -0.39 is 11.8 Å². The van der Waals surface area contributed by atoms with E-state index in [0.717, 1.165) is 16.8 Å². The SMILES string of the molecule is CCOc1ccccc1NC(=O)C(=O)N/N=C\c1ccc(OCC(=O)Nc2cc(C)cc(C)c2)cc1. The number of nitrogens with zero attached hydrogens (tertiary/aromatic N) is 1. The van der Waals surface area contributed by atoms with Crippen molar-refractivity contribution in [3.05, 3.63) is 83.4 Å². The molecule has 0 bridgehead atoms. The third kappa shape index (κ3) is 7.98. The van der Waals surface area contributed by atoms with E-state index in [-0.39, 0.29) is 12.5 Å². The molecule has 0 saturated carbocycles. The molecule has 0 aliphatic rings. The fraction of sp³-hybridized carbons (Fsp3) is 0.185. The van der Waals surface area contributed by atoms with Crippen LogP contribution in [0.1, 0.15) is 23.6 Å². The molecule has 0 aliphatic heterocycles. The number of rotatable bonds is 9. The Kier molecular flexibility index (Phi) is 9.16. The van der Waals surface area contributed by atoms with E-state index in [1.165, 1.54) is 6.21 Å². The number of benzene rings is 3. The molecule has 36 heavy (non-hydrogen) atoms. The summed E-state index contributed by atoms with van der Waals surface area (Å²) in [7, 11) is 0. The summed E-state index contributed by atoms with van der Waals surface area (Å²) < 4.78 is 10.9. The highest BCUT2D eigenvalue weighted by Crippen LogP contribution is 2.23. The van der Waals surface area contributed by atoms with E-state index in [9.17, 15) is 14.4 Å². The quantitative estimate of drug-likeness (QED) is 0.241. The van der Waals surface area contributed by atoms with Crippen molar-refractivity contribution in [2.45, 2.75) is 20.8 Å². The molecule has 3 N–H and O–H groups in total. The van der Waals surface area contributed by atoms with E-state index in [4.69, 9.17) is 9.47 Å². The summed E-state index contributed by atoms with van der Waals surface area (Å²) in [5.74, 6) is -1.10. The first-order chi connectivity index (χ1) is 17.3. The molecule has 3 rings (SSSR count). The molecule has 186 valence electrons. The molecule has 0 atom stereocenters. The van der Waals surface area contributed by atoms with Crippen molar-refractivity contribution >= 4 is 35.3 Å². The van der Waals surface area contributed by atoms with E-state index in [1.54, 1.807) is 48.5 Å². The van der Waals surface area contributed by atoms with Gasteiger partial charge >= 0.3 is 11.8 Å². The lowest BCUT2D eigenvalue weighted by atomic mass is 10.1. The lowest BCUT2D eigenvalue weighted by Gasteiger charge is -2.10. The Morgan fingerprint density at radius 1 is 0.861 bits per heavy atom. The van der Waals surface area contributed by atoms with Crippen LogP contribution in [-0.4, -0.2) is 37.1 Å². The molecule has 0 aliphatic carbocycles. The lowest BCUT2D eigenvalue weighted by Crippen LogP contribution is -2.32. The molecule has 9 heteroatoms. The Hall–Kier alpha value is -4.66. The topological polar surface area (TPSA) is 118 Å². The zero-order valence-electron chi connectivity index (χ0n) is 20.3. The van der Waals surface area contributed by atoms with Gasteiger partial charge in [-0.2, -0.15) is 5.10 Å². The van der Waals surface area contributed by atoms with Gasteiger partial charge in [0.25, 0.3) is 5.91 Å². The summed E-state index contributed by atoms with van der Waals surface area (Å²) in [6, 6.07) is 19.4. The van der Waals surface area contributed by atoms with Crippen molar-refractivity contribution in [1.29, 1.82) is 0 Å². The van der Waals surface area contributed by atoms with Gasteiger partial charge in [-0.15, -0.1) is 0 Å². The number of ether oxygens (including phenoxy) is 2. The second-order valence-electron chi connectivity index (χ2n) is 7.86. The number of nitrogens with one attached hydrogen (secondary N) is 3. The maximum absolute atomic E-state index is 12.2. The van der Waals surface area contributed by atoms with Crippen LogP contribution in [0.15, 0.2) is 71.8 Å². The van der Waals surface area contributed by atoms with Crippen LogP contribution in [0.2, 0.25) is 0 Å². The Labute approximate surface area is 209 Å². The monoisotopic (exact) mass is 488 g/mol. The third-order valence-electron chi connectivity index (χ3n) is 4.78. The summed E-state index contributed by atoms with van der Waals surface area (Å²) in [6.07, 6.45) is 1.38. The smallest absolute Gasteiger partial charge is 0.329 e. The maximum atomic E-state index is 12.2. The number of hydrogen-bond donors (Lipinski definition) is 3. The van der Waals surface area contributed by atoms with Crippen molar-refractivity contribution in [1.82, 2.24) is 5.43 Å². The average molecular weight is 489 g/mol. The Bertz CT molecular complexity index is 1240. The number of hydrazone groups is 1. The van der Waals surface area contributed by atoms with Crippen LogP contribution in [0.4, 0.5) is 11.4 Å². The Balaban J connectivity index is 1.45. The van der Waals surface area contributed by atoms with Gasteiger partial charge in [-0.25, -0.2) is 5.43 Å². The van der Waals surface area contributed by atoms with Crippen molar-refractivity contribution in [3.8, 4) is 11.5 Å². The molecule has 0 fully saturated rings. The predicted octanol–water partition coefficient (Wildman–Crippen LogP) is 3.81. The number of anilines is 2. The van der Waals surface area contributed by atoms with Gasteiger partial charge in [0.2, 0.25) is 0 Å².